The molecule has 0 bridgehead atoms. The highest BCUT2D eigenvalue weighted by Crippen LogP contribution is 2.24. The fourth-order valence-corrected chi connectivity index (χ4v) is 4.36. The first-order valence-corrected chi connectivity index (χ1v) is 11.2. The third-order valence-electron chi connectivity index (χ3n) is 4.00. The van der Waals surface area contributed by atoms with Gasteiger partial charge in [0, 0.05) is 24.7 Å². The van der Waals surface area contributed by atoms with Gasteiger partial charge in [0.05, 0.1) is 23.4 Å². The Hall–Kier alpha value is -2.00. The summed E-state index contributed by atoms with van der Waals surface area (Å²) in [5.41, 5.74) is 1.80. The maximum absolute atomic E-state index is 12.0. The van der Waals surface area contributed by atoms with Gasteiger partial charge in [-0.15, -0.1) is 22.7 Å². The van der Waals surface area contributed by atoms with Gasteiger partial charge >= 0.3 is 5.97 Å². The van der Waals surface area contributed by atoms with Crippen LogP contribution in [0.5, 0.6) is 0 Å². The average molecular weight is 424 g/mol. The predicted octanol–water partition coefficient (Wildman–Crippen LogP) is 3.64. The minimum atomic E-state index is -0.311. The maximum Gasteiger partial charge on any atom is 0.350 e. The molecule has 0 amide bonds. The number of nitrogens with one attached hydrogen (secondary N) is 2. The number of guanidine groups is 1. The molecule has 0 fully saturated rings. The zero-order chi connectivity index (χ0) is 20.5. The number of aliphatic imine (C=N–C) groups is 1. The van der Waals surface area contributed by atoms with Gasteiger partial charge in [-0.05, 0) is 47.0 Å². The number of aryl methyl sites for hydroxylation is 3. The molecule has 154 valence electrons. The molecule has 0 aliphatic carbocycles. The molecule has 0 spiro atoms. The normalized spacial score (nSPS) is 12.7. The van der Waals surface area contributed by atoms with E-state index in [1.165, 1.54) is 16.3 Å². The van der Waals surface area contributed by atoms with E-state index in [1.807, 2.05) is 20.8 Å². The fraction of sp³-hybridized carbons (Fsp3) is 0.579. The van der Waals surface area contributed by atoms with Gasteiger partial charge in [-0.2, -0.15) is 0 Å². The van der Waals surface area contributed by atoms with Crippen LogP contribution in [0.4, 0.5) is 0 Å². The number of esters is 1. The molecule has 0 aliphatic rings. The Morgan fingerprint density at radius 2 is 2.11 bits per heavy atom. The molecule has 0 aromatic carbocycles. The van der Waals surface area contributed by atoms with Crippen molar-refractivity contribution in [2.45, 2.75) is 53.0 Å². The van der Waals surface area contributed by atoms with E-state index >= 15 is 0 Å². The van der Waals surface area contributed by atoms with E-state index in [4.69, 9.17) is 4.74 Å². The van der Waals surface area contributed by atoms with E-state index in [1.54, 1.807) is 25.3 Å². The topological polar surface area (TPSA) is 88.5 Å². The Bertz CT molecular complexity index is 800. The van der Waals surface area contributed by atoms with Crippen LogP contribution in [0.1, 0.15) is 63.8 Å². The predicted molar refractivity (Wildman–Crippen MR) is 116 cm³/mol. The summed E-state index contributed by atoms with van der Waals surface area (Å²) in [6.07, 6.45) is 3.13. The van der Waals surface area contributed by atoms with E-state index in [0.717, 1.165) is 42.5 Å². The van der Waals surface area contributed by atoms with E-state index in [2.05, 4.69) is 31.0 Å². The fourth-order valence-electron chi connectivity index (χ4n) is 2.58. The Morgan fingerprint density at radius 3 is 2.75 bits per heavy atom. The number of hydrogen-bond acceptors (Lipinski definition) is 7. The molecule has 0 saturated heterocycles. The van der Waals surface area contributed by atoms with Crippen LogP contribution in [0.15, 0.2) is 10.4 Å². The average Bonchev–Trinajstić information content (AvgIpc) is 3.26. The highest BCUT2D eigenvalue weighted by molar-refractivity contribution is 7.13. The van der Waals surface area contributed by atoms with Gasteiger partial charge in [0.2, 0.25) is 0 Å². The van der Waals surface area contributed by atoms with Crippen LogP contribution in [-0.4, -0.2) is 42.1 Å². The lowest BCUT2D eigenvalue weighted by Crippen LogP contribution is -2.39. The lowest BCUT2D eigenvalue weighted by atomic mass is 10.2. The summed E-state index contributed by atoms with van der Waals surface area (Å²) < 4.78 is 5.08. The number of thiazole rings is 2. The van der Waals surface area contributed by atoms with Crippen molar-refractivity contribution in [3.8, 4) is 0 Å². The van der Waals surface area contributed by atoms with Crippen molar-refractivity contribution >= 4 is 34.6 Å². The van der Waals surface area contributed by atoms with Crippen molar-refractivity contribution in [2.75, 3.05) is 20.2 Å². The molecular formula is C19H29N5O2S2. The zero-order valence-corrected chi connectivity index (χ0v) is 18.8. The summed E-state index contributed by atoms with van der Waals surface area (Å²) in [6, 6.07) is -0.0589. The minimum Gasteiger partial charge on any atom is -0.462 e. The quantitative estimate of drug-likeness (QED) is 0.277. The van der Waals surface area contributed by atoms with Crippen LogP contribution in [0, 0.1) is 13.8 Å². The van der Waals surface area contributed by atoms with Crippen LogP contribution in [-0.2, 0) is 11.2 Å². The van der Waals surface area contributed by atoms with Crippen LogP contribution in [0.3, 0.4) is 0 Å². The zero-order valence-electron chi connectivity index (χ0n) is 17.2. The molecule has 0 aliphatic heterocycles. The van der Waals surface area contributed by atoms with Crippen LogP contribution in [0.2, 0.25) is 0 Å². The molecule has 2 aromatic rings. The van der Waals surface area contributed by atoms with E-state index in [0.29, 0.717) is 17.2 Å². The van der Waals surface area contributed by atoms with E-state index < -0.39 is 0 Å². The first kappa shape index (κ1) is 22.3. The molecule has 9 heteroatoms. The molecule has 2 rings (SSSR count). The number of unbranched alkanes of at least 4 members (excludes halogenated alkanes) is 1. The molecule has 1 atom stereocenters. The Balaban J connectivity index is 1.78. The first-order chi connectivity index (χ1) is 13.4. The monoisotopic (exact) mass is 423 g/mol. The SMILES string of the molecule is CCOC(=O)c1sc(C(C)NC(=NC)NCCCCc2nc(C)cs2)nc1C. The van der Waals surface area contributed by atoms with Crippen molar-refractivity contribution in [1.29, 1.82) is 0 Å². The van der Waals surface area contributed by atoms with Crippen molar-refractivity contribution in [3.05, 3.63) is 31.7 Å². The molecule has 7 nitrogen and oxygen atoms in total. The molecule has 2 heterocycles. The summed E-state index contributed by atoms with van der Waals surface area (Å²) >= 11 is 3.09. The largest absolute Gasteiger partial charge is 0.462 e. The standard InChI is InChI=1S/C19H29N5O2S2/c1-6-26-18(25)16-13(3)23-17(28-16)14(4)24-19(20-5)21-10-8-7-9-15-22-12(2)11-27-15/h11,14H,6-10H2,1-5H3,(H2,20,21,24). The van der Waals surface area contributed by atoms with E-state index in [9.17, 15) is 4.79 Å². The smallest absolute Gasteiger partial charge is 0.350 e. The number of nitrogens with zero attached hydrogens (tertiary/aromatic N) is 3. The van der Waals surface area contributed by atoms with Crippen LogP contribution >= 0.6 is 22.7 Å². The van der Waals surface area contributed by atoms with Gasteiger partial charge in [0.25, 0.3) is 0 Å². The Morgan fingerprint density at radius 1 is 1.32 bits per heavy atom. The summed E-state index contributed by atoms with van der Waals surface area (Å²) in [6.45, 7) is 8.85. The first-order valence-electron chi connectivity index (χ1n) is 9.47. The molecule has 28 heavy (non-hydrogen) atoms. The summed E-state index contributed by atoms with van der Waals surface area (Å²) in [7, 11) is 1.75. The van der Waals surface area contributed by atoms with Gasteiger partial charge < -0.3 is 15.4 Å². The van der Waals surface area contributed by atoms with Gasteiger partial charge in [-0.3, -0.25) is 4.99 Å². The number of hydrogen-bond donors (Lipinski definition) is 2. The molecular weight excluding hydrogens is 394 g/mol. The van der Waals surface area contributed by atoms with Crippen molar-refractivity contribution in [1.82, 2.24) is 20.6 Å². The summed E-state index contributed by atoms with van der Waals surface area (Å²) in [4.78, 5) is 25.8. The highest BCUT2D eigenvalue weighted by atomic mass is 32.1. The third-order valence-corrected chi connectivity index (χ3v) is 6.34. The van der Waals surface area contributed by atoms with Gasteiger partial charge in [0.1, 0.15) is 9.88 Å². The lowest BCUT2D eigenvalue weighted by molar-refractivity contribution is 0.0531. The Labute approximate surface area is 174 Å². The van der Waals surface area contributed by atoms with Crippen molar-refractivity contribution in [3.63, 3.8) is 0 Å². The molecule has 0 radical (unpaired) electrons. The van der Waals surface area contributed by atoms with Crippen molar-refractivity contribution < 1.29 is 9.53 Å². The maximum atomic E-state index is 12.0. The number of carbonyl (C=O) groups excluding carboxylic acids is 1. The van der Waals surface area contributed by atoms with E-state index in [-0.39, 0.29) is 12.0 Å². The summed E-state index contributed by atoms with van der Waals surface area (Å²) in [5, 5.41) is 10.8. The van der Waals surface area contributed by atoms with Crippen LogP contribution < -0.4 is 10.6 Å². The molecule has 2 aromatic heterocycles. The highest BCUT2D eigenvalue weighted by Gasteiger charge is 2.20. The summed E-state index contributed by atoms with van der Waals surface area (Å²) in [5.74, 6) is 0.414. The van der Waals surface area contributed by atoms with Gasteiger partial charge in [-0.25, -0.2) is 14.8 Å². The number of ether oxygens (including phenoxy) is 1. The second-order valence-corrected chi connectivity index (χ2v) is 8.37. The minimum absolute atomic E-state index is 0.0589. The van der Waals surface area contributed by atoms with Crippen LogP contribution in [0.25, 0.3) is 0 Å². The third kappa shape index (κ3) is 6.56. The Kier molecular flexibility index (Phi) is 8.85. The van der Waals surface area contributed by atoms with Gasteiger partial charge in [0.15, 0.2) is 5.96 Å². The second kappa shape index (κ2) is 11.1. The number of aromatic nitrogens is 2. The second-order valence-electron chi connectivity index (χ2n) is 6.39. The lowest BCUT2D eigenvalue weighted by Gasteiger charge is -2.16. The number of rotatable bonds is 9. The molecule has 1 unspecified atom stereocenters. The molecule has 2 N–H and O–H groups in total. The molecule has 0 saturated carbocycles. The number of carbonyl (C=O) groups is 1. The van der Waals surface area contributed by atoms with Gasteiger partial charge in [-0.1, -0.05) is 0 Å². The van der Waals surface area contributed by atoms with Crippen molar-refractivity contribution in [2.24, 2.45) is 4.99 Å².